The SMILES string of the molecule is FC1CN([C@H]2CC[C@H](CNc3nc(N4CCOCC4)cc(-n4c(C(F)F)nc5ccccc54)n3)CC2)C1. The molecule has 0 amide bonds. The highest BCUT2D eigenvalue weighted by atomic mass is 19.3. The van der Waals surface area contributed by atoms with E-state index in [9.17, 15) is 13.2 Å². The molecule has 3 fully saturated rings. The molecular formula is C26H32F3N7O. The lowest BCUT2D eigenvalue weighted by atomic mass is 9.84. The van der Waals surface area contributed by atoms with Gasteiger partial charge in [0.25, 0.3) is 6.43 Å². The van der Waals surface area contributed by atoms with E-state index < -0.39 is 12.6 Å². The second-order valence-corrected chi connectivity index (χ2v) is 10.2. The van der Waals surface area contributed by atoms with Gasteiger partial charge in [-0.3, -0.25) is 9.47 Å². The van der Waals surface area contributed by atoms with Crippen molar-refractivity contribution < 1.29 is 17.9 Å². The Labute approximate surface area is 213 Å². The monoisotopic (exact) mass is 515 g/mol. The number of alkyl halides is 3. The third-order valence-corrected chi connectivity index (χ3v) is 7.79. The molecule has 2 aromatic heterocycles. The Bertz CT molecular complexity index is 1220. The fourth-order valence-electron chi connectivity index (χ4n) is 5.71. The van der Waals surface area contributed by atoms with E-state index in [4.69, 9.17) is 9.72 Å². The van der Waals surface area contributed by atoms with E-state index in [0.29, 0.717) is 86.5 Å². The molecule has 1 saturated carbocycles. The maximum absolute atomic E-state index is 14.0. The topological polar surface area (TPSA) is 71.3 Å². The molecule has 1 aliphatic carbocycles. The summed E-state index contributed by atoms with van der Waals surface area (Å²) in [4.78, 5) is 18.0. The summed E-state index contributed by atoms with van der Waals surface area (Å²) < 4.78 is 48.3. The Morgan fingerprint density at radius 3 is 2.43 bits per heavy atom. The zero-order valence-corrected chi connectivity index (χ0v) is 20.7. The fourth-order valence-corrected chi connectivity index (χ4v) is 5.71. The molecule has 2 saturated heterocycles. The van der Waals surface area contributed by atoms with Crippen molar-refractivity contribution in [2.45, 2.75) is 44.3 Å². The Kier molecular flexibility index (Phi) is 6.90. The summed E-state index contributed by atoms with van der Waals surface area (Å²) in [5.41, 5.74) is 1.08. The highest BCUT2D eigenvalue weighted by molar-refractivity contribution is 5.78. The number of ether oxygens (including phenoxy) is 1. The highest BCUT2D eigenvalue weighted by Crippen LogP contribution is 2.32. The third-order valence-electron chi connectivity index (χ3n) is 7.79. The average Bonchev–Trinajstić information content (AvgIpc) is 3.31. The van der Waals surface area contributed by atoms with Gasteiger partial charge in [0.2, 0.25) is 5.95 Å². The maximum Gasteiger partial charge on any atom is 0.296 e. The Balaban J connectivity index is 1.25. The summed E-state index contributed by atoms with van der Waals surface area (Å²) >= 11 is 0. The second kappa shape index (κ2) is 10.4. The molecule has 8 nitrogen and oxygen atoms in total. The van der Waals surface area contributed by atoms with E-state index in [-0.39, 0.29) is 5.82 Å². The number of morpholine rings is 1. The molecule has 0 spiro atoms. The van der Waals surface area contributed by atoms with Crippen LogP contribution in [0.1, 0.15) is 37.9 Å². The number of likely N-dealkylation sites (tertiary alicyclic amines) is 1. The van der Waals surface area contributed by atoms with E-state index in [0.717, 1.165) is 25.7 Å². The summed E-state index contributed by atoms with van der Waals surface area (Å²) in [5, 5.41) is 3.40. The van der Waals surface area contributed by atoms with Crippen molar-refractivity contribution in [3.63, 3.8) is 0 Å². The summed E-state index contributed by atoms with van der Waals surface area (Å²) in [6, 6.07) is 9.34. The minimum atomic E-state index is -2.75. The van der Waals surface area contributed by atoms with Crippen LogP contribution in [-0.4, -0.2) is 82.6 Å². The lowest BCUT2D eigenvalue weighted by Gasteiger charge is -2.43. The molecule has 2 aliphatic heterocycles. The molecule has 0 bridgehead atoms. The van der Waals surface area contributed by atoms with Crippen molar-refractivity contribution >= 4 is 22.8 Å². The van der Waals surface area contributed by atoms with Crippen LogP contribution >= 0.6 is 0 Å². The van der Waals surface area contributed by atoms with Crippen molar-refractivity contribution in [2.75, 3.05) is 56.2 Å². The number of rotatable bonds is 7. The van der Waals surface area contributed by atoms with Gasteiger partial charge in [0.05, 0.1) is 24.2 Å². The first-order valence-electron chi connectivity index (χ1n) is 13.1. The highest BCUT2D eigenvalue weighted by Gasteiger charge is 2.34. The van der Waals surface area contributed by atoms with Gasteiger partial charge in [-0.25, -0.2) is 18.2 Å². The van der Waals surface area contributed by atoms with Crippen LogP contribution in [0.25, 0.3) is 16.9 Å². The molecular weight excluding hydrogens is 483 g/mol. The molecule has 1 N–H and O–H groups in total. The van der Waals surface area contributed by atoms with Crippen LogP contribution in [0.4, 0.5) is 24.9 Å². The van der Waals surface area contributed by atoms with Gasteiger partial charge in [-0.2, -0.15) is 9.97 Å². The molecule has 198 valence electrons. The minimum absolute atomic E-state index is 0.335. The van der Waals surface area contributed by atoms with E-state index >= 15 is 0 Å². The van der Waals surface area contributed by atoms with E-state index in [1.807, 2.05) is 6.07 Å². The van der Waals surface area contributed by atoms with Gasteiger partial charge in [-0.05, 0) is 43.7 Å². The van der Waals surface area contributed by atoms with Gasteiger partial charge in [-0.15, -0.1) is 0 Å². The van der Waals surface area contributed by atoms with Crippen LogP contribution in [0, 0.1) is 5.92 Å². The molecule has 0 radical (unpaired) electrons. The van der Waals surface area contributed by atoms with Gasteiger partial charge in [0, 0.05) is 44.8 Å². The van der Waals surface area contributed by atoms with Crippen molar-refractivity contribution in [1.29, 1.82) is 0 Å². The maximum atomic E-state index is 14.0. The number of imidazole rings is 1. The summed E-state index contributed by atoms with van der Waals surface area (Å²) in [6.07, 6.45) is 0.837. The third kappa shape index (κ3) is 5.11. The van der Waals surface area contributed by atoms with Crippen LogP contribution in [0.5, 0.6) is 0 Å². The van der Waals surface area contributed by atoms with Crippen LogP contribution in [0.2, 0.25) is 0 Å². The average molecular weight is 516 g/mol. The number of hydrogen-bond donors (Lipinski definition) is 1. The molecule has 37 heavy (non-hydrogen) atoms. The van der Waals surface area contributed by atoms with Crippen molar-refractivity contribution in [1.82, 2.24) is 24.4 Å². The van der Waals surface area contributed by atoms with Gasteiger partial charge in [0.15, 0.2) is 5.82 Å². The Morgan fingerprint density at radius 2 is 1.70 bits per heavy atom. The van der Waals surface area contributed by atoms with Crippen LogP contribution < -0.4 is 10.2 Å². The van der Waals surface area contributed by atoms with Crippen LogP contribution in [0.15, 0.2) is 30.3 Å². The van der Waals surface area contributed by atoms with Crippen molar-refractivity contribution in [2.24, 2.45) is 5.92 Å². The molecule has 1 aromatic carbocycles. The summed E-state index contributed by atoms with van der Waals surface area (Å²) in [6.45, 7) is 4.36. The number of para-hydroxylation sites is 2. The summed E-state index contributed by atoms with van der Waals surface area (Å²) in [5.74, 6) is 1.59. The minimum Gasteiger partial charge on any atom is -0.378 e. The first-order valence-corrected chi connectivity index (χ1v) is 13.1. The number of aromatic nitrogens is 4. The molecule has 3 aliphatic rings. The quantitative estimate of drug-likeness (QED) is 0.505. The number of hydrogen-bond acceptors (Lipinski definition) is 7. The van der Waals surface area contributed by atoms with Gasteiger partial charge in [0.1, 0.15) is 17.8 Å². The van der Waals surface area contributed by atoms with Crippen LogP contribution in [-0.2, 0) is 4.74 Å². The van der Waals surface area contributed by atoms with Crippen molar-refractivity contribution in [3.8, 4) is 5.82 Å². The lowest BCUT2D eigenvalue weighted by molar-refractivity contribution is 0.00903. The smallest absolute Gasteiger partial charge is 0.296 e. The van der Waals surface area contributed by atoms with Crippen LogP contribution in [0.3, 0.4) is 0 Å². The molecule has 4 heterocycles. The number of nitrogens with zero attached hydrogens (tertiary/aromatic N) is 6. The molecule has 3 aromatic rings. The molecule has 0 atom stereocenters. The number of nitrogens with one attached hydrogen (secondary N) is 1. The second-order valence-electron chi connectivity index (χ2n) is 10.2. The lowest BCUT2D eigenvalue weighted by Crippen LogP contribution is -2.54. The predicted molar refractivity (Wildman–Crippen MR) is 135 cm³/mol. The molecule has 11 heteroatoms. The Hall–Kier alpha value is -2.92. The van der Waals surface area contributed by atoms with E-state index in [1.54, 1.807) is 24.3 Å². The standard InChI is InChI=1S/C26H32F3N7O/c27-18-15-35(16-18)19-7-5-17(6-8-19)14-30-26-32-22(34-9-11-37-12-10-34)13-23(33-26)36-21-4-2-1-3-20(21)31-25(36)24(28)29/h1-4,13,17-19,24H,5-12,14-16H2,(H,30,32,33)/t17-,19-. The number of benzene rings is 1. The Morgan fingerprint density at radius 1 is 0.973 bits per heavy atom. The number of anilines is 2. The van der Waals surface area contributed by atoms with Gasteiger partial charge in [-0.1, -0.05) is 12.1 Å². The zero-order chi connectivity index (χ0) is 25.4. The fraction of sp³-hybridized carbons (Fsp3) is 0.577. The van der Waals surface area contributed by atoms with E-state index in [1.165, 1.54) is 4.57 Å². The predicted octanol–water partition coefficient (Wildman–Crippen LogP) is 4.21. The zero-order valence-electron chi connectivity index (χ0n) is 20.7. The largest absolute Gasteiger partial charge is 0.378 e. The molecule has 0 unspecified atom stereocenters. The molecule has 6 rings (SSSR count). The first kappa shape index (κ1) is 24.4. The van der Waals surface area contributed by atoms with Gasteiger partial charge >= 0.3 is 0 Å². The van der Waals surface area contributed by atoms with Crippen molar-refractivity contribution in [3.05, 3.63) is 36.2 Å². The van der Waals surface area contributed by atoms with E-state index in [2.05, 4.69) is 25.1 Å². The first-order chi connectivity index (χ1) is 18.0. The number of halogens is 3. The van der Waals surface area contributed by atoms with Gasteiger partial charge < -0.3 is 15.0 Å². The summed E-state index contributed by atoms with van der Waals surface area (Å²) in [7, 11) is 0. The number of fused-ring (bicyclic) bond motifs is 1. The normalized spacial score (nSPS) is 23.5.